The molecule has 1 rings (SSSR count). The SMILES string of the molecule is CNC(c1nccnc1OC)C(C)(C)S(C)(=O)=O. The standard InChI is InChI=1S/C11H19N3O3S/c1-11(2,18(5,15)16)9(12-3)8-10(17-4)14-7-6-13-8/h6-7,9,12H,1-5H3. The summed E-state index contributed by atoms with van der Waals surface area (Å²) in [6, 6.07) is -0.504. The van der Waals surface area contributed by atoms with Gasteiger partial charge >= 0.3 is 0 Å². The van der Waals surface area contributed by atoms with Crippen molar-refractivity contribution >= 4 is 9.84 Å². The van der Waals surface area contributed by atoms with Crippen molar-refractivity contribution in [2.24, 2.45) is 0 Å². The van der Waals surface area contributed by atoms with Crippen LogP contribution in [0.5, 0.6) is 5.88 Å². The van der Waals surface area contributed by atoms with Crippen LogP contribution in [0.4, 0.5) is 0 Å². The number of sulfone groups is 1. The van der Waals surface area contributed by atoms with Crippen LogP contribution in [0, 0.1) is 0 Å². The molecule has 0 aliphatic heterocycles. The maximum absolute atomic E-state index is 11.9. The average Bonchev–Trinajstić information content (AvgIpc) is 2.29. The second-order valence-corrected chi connectivity index (χ2v) is 7.14. The fourth-order valence-electron chi connectivity index (χ4n) is 1.72. The van der Waals surface area contributed by atoms with Gasteiger partial charge in [0.15, 0.2) is 9.84 Å². The maximum atomic E-state index is 11.9. The number of nitrogens with one attached hydrogen (secondary N) is 1. The average molecular weight is 273 g/mol. The van der Waals surface area contributed by atoms with Crippen molar-refractivity contribution in [3.8, 4) is 5.88 Å². The molecule has 0 fully saturated rings. The predicted octanol–water partition coefficient (Wildman–Crippen LogP) is 0.569. The second-order valence-electron chi connectivity index (χ2n) is 4.55. The molecule has 7 heteroatoms. The molecule has 0 radical (unpaired) electrons. The van der Waals surface area contributed by atoms with E-state index in [2.05, 4.69) is 15.3 Å². The number of methoxy groups -OCH3 is 1. The fraction of sp³-hybridized carbons (Fsp3) is 0.636. The fourth-order valence-corrected chi connectivity index (χ4v) is 2.38. The largest absolute Gasteiger partial charge is 0.480 e. The Morgan fingerprint density at radius 2 is 1.89 bits per heavy atom. The molecule has 6 nitrogen and oxygen atoms in total. The number of hydrogen-bond acceptors (Lipinski definition) is 6. The van der Waals surface area contributed by atoms with E-state index in [9.17, 15) is 8.42 Å². The molecule has 102 valence electrons. The lowest BCUT2D eigenvalue weighted by Crippen LogP contribution is -2.44. The summed E-state index contributed by atoms with van der Waals surface area (Å²) >= 11 is 0. The van der Waals surface area contributed by atoms with E-state index in [1.165, 1.54) is 25.8 Å². The molecule has 1 N–H and O–H groups in total. The van der Waals surface area contributed by atoms with Crippen LogP contribution in [0.15, 0.2) is 12.4 Å². The van der Waals surface area contributed by atoms with Gasteiger partial charge in [-0.15, -0.1) is 0 Å². The van der Waals surface area contributed by atoms with Crippen molar-refractivity contribution in [2.75, 3.05) is 20.4 Å². The number of rotatable bonds is 5. The van der Waals surface area contributed by atoms with Gasteiger partial charge in [0.2, 0.25) is 5.88 Å². The molecule has 18 heavy (non-hydrogen) atoms. The van der Waals surface area contributed by atoms with E-state index in [1.807, 2.05) is 0 Å². The molecule has 1 heterocycles. The second kappa shape index (κ2) is 5.19. The van der Waals surface area contributed by atoms with E-state index in [1.54, 1.807) is 20.9 Å². The summed E-state index contributed by atoms with van der Waals surface area (Å²) in [5.41, 5.74) is 0.484. The van der Waals surface area contributed by atoms with E-state index in [0.29, 0.717) is 11.6 Å². The first-order valence-corrected chi connectivity index (χ1v) is 7.36. The van der Waals surface area contributed by atoms with Crippen LogP contribution in [0.3, 0.4) is 0 Å². The van der Waals surface area contributed by atoms with Crippen LogP contribution in [-0.2, 0) is 9.84 Å². The van der Waals surface area contributed by atoms with E-state index >= 15 is 0 Å². The van der Waals surface area contributed by atoms with Gasteiger partial charge in [0.1, 0.15) is 5.69 Å². The molecule has 0 bridgehead atoms. The first kappa shape index (κ1) is 14.8. The minimum Gasteiger partial charge on any atom is -0.480 e. The van der Waals surface area contributed by atoms with Crippen molar-refractivity contribution in [1.82, 2.24) is 15.3 Å². The Labute approximate surface area is 108 Å². The van der Waals surface area contributed by atoms with Gasteiger partial charge in [0.25, 0.3) is 0 Å². The van der Waals surface area contributed by atoms with Gasteiger partial charge in [-0.25, -0.2) is 13.4 Å². The van der Waals surface area contributed by atoms with Crippen molar-refractivity contribution < 1.29 is 13.2 Å². The highest BCUT2D eigenvalue weighted by Crippen LogP contribution is 2.34. The molecule has 0 saturated heterocycles. The molecule has 1 atom stereocenters. The third-order valence-electron chi connectivity index (χ3n) is 3.10. The summed E-state index contributed by atoms with van der Waals surface area (Å²) in [7, 11) is -0.107. The van der Waals surface area contributed by atoms with Crippen LogP contribution in [-0.4, -0.2) is 43.5 Å². The lowest BCUT2D eigenvalue weighted by Gasteiger charge is -2.32. The molecule has 0 saturated carbocycles. The minimum atomic E-state index is -3.27. The molecule has 0 amide bonds. The van der Waals surface area contributed by atoms with Gasteiger partial charge in [-0.3, -0.25) is 4.98 Å². The summed E-state index contributed by atoms with van der Waals surface area (Å²) < 4.78 is 27.9. The summed E-state index contributed by atoms with van der Waals surface area (Å²) in [5.74, 6) is 0.327. The van der Waals surface area contributed by atoms with Crippen LogP contribution >= 0.6 is 0 Å². The lowest BCUT2D eigenvalue weighted by molar-refractivity contribution is 0.364. The number of hydrogen-bond donors (Lipinski definition) is 1. The Kier molecular flexibility index (Phi) is 4.28. The monoisotopic (exact) mass is 273 g/mol. The Morgan fingerprint density at radius 3 is 2.33 bits per heavy atom. The van der Waals surface area contributed by atoms with E-state index < -0.39 is 20.6 Å². The molecule has 1 aromatic heterocycles. The molecule has 0 aliphatic rings. The molecular formula is C11H19N3O3S. The van der Waals surface area contributed by atoms with E-state index in [0.717, 1.165) is 0 Å². The summed E-state index contributed by atoms with van der Waals surface area (Å²) in [5, 5.41) is 2.98. The van der Waals surface area contributed by atoms with Gasteiger partial charge in [0, 0.05) is 18.6 Å². The van der Waals surface area contributed by atoms with Crippen molar-refractivity contribution in [1.29, 1.82) is 0 Å². The first-order valence-electron chi connectivity index (χ1n) is 5.47. The number of ether oxygens (including phenoxy) is 1. The van der Waals surface area contributed by atoms with Gasteiger partial charge < -0.3 is 10.1 Å². The Morgan fingerprint density at radius 1 is 1.33 bits per heavy atom. The van der Waals surface area contributed by atoms with Crippen LogP contribution in [0.25, 0.3) is 0 Å². The smallest absolute Gasteiger partial charge is 0.237 e. The maximum Gasteiger partial charge on any atom is 0.237 e. The minimum absolute atomic E-state index is 0.327. The highest BCUT2D eigenvalue weighted by atomic mass is 32.2. The first-order chi connectivity index (χ1) is 8.25. The zero-order valence-electron chi connectivity index (χ0n) is 11.3. The van der Waals surface area contributed by atoms with Crippen molar-refractivity contribution in [3.05, 3.63) is 18.1 Å². The molecule has 0 aliphatic carbocycles. The normalized spacial score (nSPS) is 14.3. The van der Waals surface area contributed by atoms with Gasteiger partial charge in [0.05, 0.1) is 17.9 Å². The predicted molar refractivity (Wildman–Crippen MR) is 69.3 cm³/mol. The van der Waals surface area contributed by atoms with Crippen molar-refractivity contribution in [2.45, 2.75) is 24.6 Å². The Bertz CT molecular complexity index is 514. The van der Waals surface area contributed by atoms with E-state index in [-0.39, 0.29) is 0 Å². The number of aromatic nitrogens is 2. The lowest BCUT2D eigenvalue weighted by atomic mass is 10.00. The summed E-state index contributed by atoms with van der Waals surface area (Å²) in [4.78, 5) is 8.23. The summed E-state index contributed by atoms with van der Waals surface area (Å²) in [6.45, 7) is 3.30. The van der Waals surface area contributed by atoms with Crippen LogP contribution in [0.1, 0.15) is 25.6 Å². The highest BCUT2D eigenvalue weighted by Gasteiger charge is 2.41. The van der Waals surface area contributed by atoms with Crippen LogP contribution in [0.2, 0.25) is 0 Å². The van der Waals surface area contributed by atoms with Gasteiger partial charge in [-0.1, -0.05) is 0 Å². The van der Waals surface area contributed by atoms with Crippen LogP contribution < -0.4 is 10.1 Å². The molecule has 1 unspecified atom stereocenters. The molecule has 0 spiro atoms. The van der Waals surface area contributed by atoms with Gasteiger partial charge in [-0.05, 0) is 20.9 Å². The zero-order chi connectivity index (χ0) is 14.0. The zero-order valence-corrected chi connectivity index (χ0v) is 12.1. The van der Waals surface area contributed by atoms with E-state index in [4.69, 9.17) is 4.74 Å². The Balaban J connectivity index is 3.35. The summed E-state index contributed by atoms with van der Waals surface area (Å²) in [6.07, 6.45) is 4.23. The van der Waals surface area contributed by atoms with Gasteiger partial charge in [-0.2, -0.15) is 0 Å². The highest BCUT2D eigenvalue weighted by molar-refractivity contribution is 7.92. The molecular weight excluding hydrogens is 254 g/mol. The topological polar surface area (TPSA) is 81.2 Å². The number of nitrogens with zero attached hydrogens (tertiary/aromatic N) is 2. The third-order valence-corrected chi connectivity index (χ3v) is 5.24. The molecule has 0 aromatic carbocycles. The third kappa shape index (κ3) is 2.62. The Hall–Kier alpha value is -1.21. The van der Waals surface area contributed by atoms with Crippen molar-refractivity contribution in [3.63, 3.8) is 0 Å². The quantitative estimate of drug-likeness (QED) is 0.844. The molecule has 1 aromatic rings.